The van der Waals surface area contributed by atoms with E-state index in [1.807, 2.05) is 60.7 Å². The van der Waals surface area contributed by atoms with Gasteiger partial charge in [-0.15, -0.1) is 0 Å². The van der Waals surface area contributed by atoms with Gasteiger partial charge in [-0.2, -0.15) is 0 Å². The molecule has 154 valence electrons. The third-order valence-corrected chi connectivity index (χ3v) is 7.18. The molecule has 1 saturated heterocycles. The molecular formula is C24H24N2O3S. The summed E-state index contributed by atoms with van der Waals surface area (Å²) in [5, 5.41) is 3.11. The molecule has 0 spiro atoms. The average molecular weight is 421 g/mol. The number of carbonyl (C=O) groups excluding carboxylic acids is 1. The van der Waals surface area contributed by atoms with Crippen LogP contribution >= 0.6 is 0 Å². The lowest BCUT2D eigenvalue weighted by molar-refractivity contribution is 0.0943. The van der Waals surface area contributed by atoms with Crippen molar-refractivity contribution in [1.82, 2.24) is 5.32 Å². The molecule has 1 fully saturated rings. The molecule has 0 unspecified atom stereocenters. The molecule has 0 saturated carbocycles. The quantitative estimate of drug-likeness (QED) is 0.675. The molecule has 1 aliphatic rings. The minimum absolute atomic E-state index is 0.172. The normalized spacial score (nSPS) is 15.7. The zero-order valence-electron chi connectivity index (χ0n) is 16.6. The first-order chi connectivity index (χ1) is 14.5. The van der Waals surface area contributed by atoms with Crippen LogP contribution in [0.4, 0.5) is 5.69 Å². The Kier molecular flexibility index (Phi) is 5.86. The summed E-state index contributed by atoms with van der Waals surface area (Å²) in [5.41, 5.74) is 3.08. The third-order valence-electron chi connectivity index (χ3n) is 5.31. The van der Waals surface area contributed by atoms with Crippen molar-refractivity contribution in [3.8, 4) is 0 Å². The van der Waals surface area contributed by atoms with Gasteiger partial charge in [-0.25, -0.2) is 8.42 Å². The monoisotopic (exact) mass is 420 g/mol. The number of carbonyl (C=O) groups is 1. The molecule has 1 aliphatic heterocycles. The van der Waals surface area contributed by atoms with Gasteiger partial charge in [-0.05, 0) is 48.2 Å². The van der Waals surface area contributed by atoms with Gasteiger partial charge in [0.2, 0.25) is 10.0 Å². The first-order valence-corrected chi connectivity index (χ1v) is 11.7. The molecule has 0 bridgehead atoms. The Morgan fingerprint density at radius 1 is 0.800 bits per heavy atom. The second-order valence-corrected chi connectivity index (χ2v) is 9.38. The zero-order chi connectivity index (χ0) is 21.0. The van der Waals surface area contributed by atoms with Gasteiger partial charge in [-0.1, -0.05) is 60.7 Å². The Morgan fingerprint density at radius 3 is 1.90 bits per heavy atom. The van der Waals surface area contributed by atoms with Crippen molar-refractivity contribution < 1.29 is 13.2 Å². The zero-order valence-corrected chi connectivity index (χ0v) is 17.4. The molecule has 3 aromatic rings. The fourth-order valence-electron chi connectivity index (χ4n) is 3.72. The molecule has 0 atom stereocenters. The second kappa shape index (κ2) is 8.71. The molecule has 1 amide bonds. The maximum atomic E-state index is 13.0. The van der Waals surface area contributed by atoms with Crippen LogP contribution in [0.5, 0.6) is 0 Å². The van der Waals surface area contributed by atoms with E-state index in [1.54, 1.807) is 24.3 Å². The largest absolute Gasteiger partial charge is 0.341 e. The van der Waals surface area contributed by atoms with Crippen LogP contribution in [0, 0.1) is 0 Å². The van der Waals surface area contributed by atoms with Gasteiger partial charge in [0, 0.05) is 12.1 Å². The smallest absolute Gasteiger partial charge is 0.252 e. The van der Waals surface area contributed by atoms with E-state index in [4.69, 9.17) is 0 Å². The Balaban J connectivity index is 1.56. The molecule has 0 radical (unpaired) electrons. The van der Waals surface area contributed by atoms with Crippen molar-refractivity contribution in [2.45, 2.75) is 18.9 Å². The number of nitrogens with one attached hydrogen (secondary N) is 1. The summed E-state index contributed by atoms with van der Waals surface area (Å²) in [6, 6.07) is 26.1. The van der Waals surface area contributed by atoms with Gasteiger partial charge < -0.3 is 5.32 Å². The minimum Gasteiger partial charge on any atom is -0.341 e. The molecule has 30 heavy (non-hydrogen) atoms. The highest BCUT2D eigenvalue weighted by Gasteiger charge is 2.26. The summed E-state index contributed by atoms with van der Waals surface area (Å²) in [5.74, 6) is -0.0359. The van der Waals surface area contributed by atoms with E-state index in [-0.39, 0.29) is 17.7 Å². The first-order valence-electron chi connectivity index (χ1n) is 10.1. The number of nitrogens with zero attached hydrogens (tertiary/aromatic N) is 1. The van der Waals surface area contributed by atoms with Gasteiger partial charge in [0.15, 0.2) is 0 Å². The molecule has 1 heterocycles. The number of hydrogen-bond acceptors (Lipinski definition) is 3. The molecule has 0 aromatic heterocycles. The van der Waals surface area contributed by atoms with Crippen LogP contribution in [-0.2, 0) is 10.0 Å². The van der Waals surface area contributed by atoms with Gasteiger partial charge in [0.05, 0.1) is 17.5 Å². The standard InChI is InChI=1S/C24H24N2O3S/c27-24(21-13-15-22(16-14-21)26-17-7-8-18-30(26,28)29)25-23(19-9-3-1-4-10-19)20-11-5-2-6-12-20/h1-6,9-16,23H,7-8,17-18H2,(H,25,27). The Morgan fingerprint density at radius 2 is 1.37 bits per heavy atom. The summed E-state index contributed by atoms with van der Waals surface area (Å²) >= 11 is 0. The topological polar surface area (TPSA) is 66.5 Å². The van der Waals surface area contributed by atoms with Crippen LogP contribution in [-0.4, -0.2) is 26.6 Å². The van der Waals surface area contributed by atoms with Crippen LogP contribution < -0.4 is 9.62 Å². The van der Waals surface area contributed by atoms with E-state index >= 15 is 0 Å². The highest BCUT2D eigenvalue weighted by molar-refractivity contribution is 7.92. The second-order valence-electron chi connectivity index (χ2n) is 7.37. The van der Waals surface area contributed by atoms with E-state index in [9.17, 15) is 13.2 Å². The molecule has 6 heteroatoms. The minimum atomic E-state index is -3.27. The van der Waals surface area contributed by atoms with E-state index in [2.05, 4.69) is 5.32 Å². The number of sulfonamides is 1. The maximum Gasteiger partial charge on any atom is 0.252 e. The maximum absolute atomic E-state index is 13.0. The van der Waals surface area contributed by atoms with Crippen LogP contribution in [0.3, 0.4) is 0 Å². The van der Waals surface area contributed by atoms with Crippen molar-refractivity contribution in [3.05, 3.63) is 102 Å². The van der Waals surface area contributed by atoms with Crippen molar-refractivity contribution >= 4 is 21.6 Å². The van der Waals surface area contributed by atoms with Crippen molar-refractivity contribution in [3.63, 3.8) is 0 Å². The number of anilines is 1. The fraction of sp³-hybridized carbons (Fsp3) is 0.208. The van der Waals surface area contributed by atoms with Gasteiger partial charge in [0.25, 0.3) is 5.91 Å². The lowest BCUT2D eigenvalue weighted by Crippen LogP contribution is -2.37. The summed E-state index contributed by atoms with van der Waals surface area (Å²) in [6.45, 7) is 0.484. The fourth-order valence-corrected chi connectivity index (χ4v) is 5.36. The van der Waals surface area contributed by atoms with Crippen LogP contribution in [0.2, 0.25) is 0 Å². The Bertz CT molecular complexity index is 1060. The van der Waals surface area contributed by atoms with E-state index in [1.165, 1.54) is 4.31 Å². The van der Waals surface area contributed by atoms with Gasteiger partial charge >= 0.3 is 0 Å². The number of hydrogen-bond donors (Lipinski definition) is 1. The summed E-state index contributed by atoms with van der Waals surface area (Å²) in [4.78, 5) is 13.0. The first kappa shape index (κ1) is 20.2. The number of benzene rings is 3. The molecular weight excluding hydrogens is 396 g/mol. The van der Waals surface area contributed by atoms with E-state index in [0.29, 0.717) is 24.2 Å². The van der Waals surface area contributed by atoms with Crippen LogP contribution in [0.1, 0.15) is 40.4 Å². The molecule has 5 nitrogen and oxygen atoms in total. The Hall–Kier alpha value is -3.12. The predicted molar refractivity (Wildman–Crippen MR) is 119 cm³/mol. The summed E-state index contributed by atoms with van der Waals surface area (Å²) in [7, 11) is -3.27. The SMILES string of the molecule is O=C(NC(c1ccccc1)c1ccccc1)c1ccc(N2CCCCS2(=O)=O)cc1. The lowest BCUT2D eigenvalue weighted by atomic mass is 9.98. The van der Waals surface area contributed by atoms with Crippen molar-refractivity contribution in [2.24, 2.45) is 0 Å². The third kappa shape index (κ3) is 4.39. The van der Waals surface area contributed by atoms with E-state index < -0.39 is 10.0 Å². The summed E-state index contributed by atoms with van der Waals surface area (Å²) in [6.07, 6.45) is 1.54. The van der Waals surface area contributed by atoms with E-state index in [0.717, 1.165) is 17.5 Å². The average Bonchev–Trinajstić information content (AvgIpc) is 2.78. The summed E-state index contributed by atoms with van der Waals surface area (Å²) < 4.78 is 26.1. The molecule has 0 aliphatic carbocycles. The van der Waals surface area contributed by atoms with Gasteiger partial charge in [0.1, 0.15) is 0 Å². The molecule has 3 aromatic carbocycles. The van der Waals surface area contributed by atoms with Crippen molar-refractivity contribution in [1.29, 1.82) is 0 Å². The van der Waals surface area contributed by atoms with Crippen molar-refractivity contribution in [2.75, 3.05) is 16.6 Å². The predicted octanol–water partition coefficient (Wildman–Crippen LogP) is 4.14. The molecule has 4 rings (SSSR count). The lowest BCUT2D eigenvalue weighted by Gasteiger charge is -2.28. The van der Waals surface area contributed by atoms with Crippen LogP contribution in [0.15, 0.2) is 84.9 Å². The number of rotatable bonds is 5. The van der Waals surface area contributed by atoms with Gasteiger partial charge in [-0.3, -0.25) is 9.10 Å². The Labute approximate surface area is 177 Å². The highest BCUT2D eigenvalue weighted by Crippen LogP contribution is 2.25. The molecule has 1 N–H and O–H groups in total. The highest BCUT2D eigenvalue weighted by atomic mass is 32.2. The van der Waals surface area contributed by atoms with Crippen LogP contribution in [0.25, 0.3) is 0 Å². The number of amides is 1.